The summed E-state index contributed by atoms with van der Waals surface area (Å²) < 4.78 is 14.6. The lowest BCUT2D eigenvalue weighted by Gasteiger charge is -2.38. The Morgan fingerprint density at radius 3 is 2.76 bits per heavy atom. The zero-order valence-corrected chi connectivity index (χ0v) is 17.1. The number of aromatic amines is 1. The molecular weight excluding hydrogens is 389 g/mol. The van der Waals surface area contributed by atoms with Crippen LogP contribution in [-0.4, -0.2) is 44.1 Å². The molecule has 0 spiro atoms. The second-order valence-electron chi connectivity index (χ2n) is 7.65. The summed E-state index contributed by atoms with van der Waals surface area (Å²) in [6.45, 7) is 2.71. The van der Waals surface area contributed by atoms with Crippen LogP contribution >= 0.6 is 11.8 Å². The number of nitrogens with one attached hydrogen (secondary N) is 1. The third kappa shape index (κ3) is 4.67. The minimum Gasteiger partial charge on any atom is -0.345 e. The lowest BCUT2D eigenvalue weighted by molar-refractivity contribution is -0.126. The van der Waals surface area contributed by atoms with E-state index < -0.39 is 6.04 Å². The fourth-order valence-corrected chi connectivity index (χ4v) is 4.85. The Morgan fingerprint density at radius 2 is 2.10 bits per heavy atom. The number of piperidine rings is 1. The van der Waals surface area contributed by atoms with Crippen molar-refractivity contribution in [3.8, 4) is 0 Å². The maximum atomic E-state index is 14.6. The summed E-state index contributed by atoms with van der Waals surface area (Å²) in [6, 6.07) is 5.97. The number of benzene rings is 1. The molecule has 152 valence electrons. The van der Waals surface area contributed by atoms with Gasteiger partial charge in [-0.05, 0) is 37.0 Å². The number of rotatable bonds is 6. The fraction of sp³-hybridized carbons (Fsp3) is 0.409. The van der Waals surface area contributed by atoms with E-state index in [2.05, 4.69) is 14.9 Å². The maximum absolute atomic E-state index is 14.6. The molecule has 1 N–H and O–H groups in total. The number of H-pyrrole nitrogens is 1. The summed E-state index contributed by atoms with van der Waals surface area (Å²) in [5, 5.41) is 0.0969. The highest BCUT2D eigenvalue weighted by Gasteiger charge is 2.41. The molecule has 2 aliphatic rings. The van der Waals surface area contributed by atoms with Gasteiger partial charge in [0.05, 0.1) is 6.04 Å². The minimum atomic E-state index is -0.591. The van der Waals surface area contributed by atoms with E-state index in [4.69, 9.17) is 0 Å². The van der Waals surface area contributed by atoms with Gasteiger partial charge < -0.3 is 4.98 Å². The molecule has 0 radical (unpaired) electrons. The molecular formula is C22H24FN3O2S. The Bertz CT molecular complexity index is 924. The Morgan fingerprint density at radius 1 is 1.31 bits per heavy atom. The van der Waals surface area contributed by atoms with Crippen LogP contribution in [0.25, 0.3) is 6.08 Å². The van der Waals surface area contributed by atoms with Crippen LogP contribution in [-0.2, 0) is 9.59 Å². The van der Waals surface area contributed by atoms with E-state index >= 15 is 0 Å². The van der Waals surface area contributed by atoms with Crippen LogP contribution in [0, 0.1) is 11.7 Å². The smallest absolute Gasteiger partial charge is 0.186 e. The molecule has 5 nitrogen and oxygen atoms in total. The summed E-state index contributed by atoms with van der Waals surface area (Å²) >= 11 is 1.31. The molecule has 29 heavy (non-hydrogen) atoms. The summed E-state index contributed by atoms with van der Waals surface area (Å²) in [4.78, 5) is 34.3. The number of Topliss-reactive ketones (excluding diaryl/α,β-unsaturated/α-hetero) is 1. The predicted molar refractivity (Wildman–Crippen MR) is 112 cm³/mol. The summed E-state index contributed by atoms with van der Waals surface area (Å²) in [7, 11) is 0. The van der Waals surface area contributed by atoms with Crippen LogP contribution in [0.3, 0.4) is 0 Å². The van der Waals surface area contributed by atoms with Crippen molar-refractivity contribution < 1.29 is 14.0 Å². The molecule has 4 rings (SSSR count). The molecule has 2 atom stereocenters. The van der Waals surface area contributed by atoms with Crippen LogP contribution in [0.4, 0.5) is 4.39 Å². The number of hydrogen-bond donors (Lipinski definition) is 1. The summed E-state index contributed by atoms with van der Waals surface area (Å²) in [5.41, 5.74) is 1.47. The fourth-order valence-electron chi connectivity index (χ4n) is 3.93. The number of halogens is 1. The van der Waals surface area contributed by atoms with Crippen molar-refractivity contribution in [2.45, 2.75) is 37.5 Å². The molecule has 1 saturated carbocycles. The topological polar surface area (TPSA) is 66.1 Å². The van der Waals surface area contributed by atoms with Gasteiger partial charge in [-0.3, -0.25) is 14.5 Å². The lowest BCUT2D eigenvalue weighted by atomic mass is 9.93. The second kappa shape index (κ2) is 8.63. The van der Waals surface area contributed by atoms with Crippen molar-refractivity contribution in [2.75, 3.05) is 13.1 Å². The Hall–Kier alpha value is -2.25. The zero-order valence-electron chi connectivity index (χ0n) is 16.3. The molecule has 0 amide bonds. The number of likely N-dealkylation sites (tertiary alicyclic amines) is 1. The average molecular weight is 414 g/mol. The molecule has 2 fully saturated rings. The first-order valence-electron chi connectivity index (χ1n) is 9.92. The number of aromatic nitrogens is 2. The normalized spacial score (nSPS) is 22.6. The van der Waals surface area contributed by atoms with E-state index in [1.165, 1.54) is 17.8 Å². The standard InChI is InChI=1S/C22H24FN3O2S/c1-14(27)29-19-8-11-26(13-16(19)12-20-24-9-10-25-20)21(22(28)15-6-7-15)17-4-2-3-5-18(17)23/h2-5,9-10,12,15,19,21H,6-8,11,13H2,1H3,(H,24,25). The largest absolute Gasteiger partial charge is 0.345 e. The molecule has 1 aliphatic carbocycles. The van der Waals surface area contributed by atoms with Crippen molar-refractivity contribution in [1.29, 1.82) is 0 Å². The number of carbonyl (C=O) groups excluding carboxylic acids is 2. The molecule has 1 aromatic heterocycles. The van der Waals surface area contributed by atoms with E-state index in [1.807, 2.05) is 6.08 Å². The van der Waals surface area contributed by atoms with Crippen molar-refractivity contribution in [3.63, 3.8) is 0 Å². The van der Waals surface area contributed by atoms with Gasteiger partial charge in [0.15, 0.2) is 10.9 Å². The maximum Gasteiger partial charge on any atom is 0.186 e. The van der Waals surface area contributed by atoms with Crippen LogP contribution < -0.4 is 0 Å². The SMILES string of the molecule is CC(=O)SC1CCN(C(C(=O)C2CC2)c2ccccc2F)CC1=Cc1ncc[nH]1. The first kappa shape index (κ1) is 20.0. The Balaban J connectivity index is 1.66. The van der Waals surface area contributed by atoms with Gasteiger partial charge in [-0.2, -0.15) is 0 Å². The van der Waals surface area contributed by atoms with Gasteiger partial charge in [-0.25, -0.2) is 9.37 Å². The van der Waals surface area contributed by atoms with Crippen molar-refractivity contribution in [3.05, 3.63) is 59.4 Å². The number of ketones is 1. The van der Waals surface area contributed by atoms with Gasteiger partial charge in [-0.1, -0.05) is 30.0 Å². The van der Waals surface area contributed by atoms with E-state index in [0.29, 0.717) is 24.5 Å². The first-order valence-corrected chi connectivity index (χ1v) is 10.8. The van der Waals surface area contributed by atoms with Crippen molar-refractivity contribution in [2.24, 2.45) is 5.92 Å². The molecule has 1 aliphatic heterocycles. The highest BCUT2D eigenvalue weighted by Crippen LogP contribution is 2.40. The Labute approximate surface area is 173 Å². The lowest BCUT2D eigenvalue weighted by Crippen LogP contribution is -2.43. The first-order chi connectivity index (χ1) is 14.0. The monoisotopic (exact) mass is 413 g/mol. The summed E-state index contributed by atoms with van der Waals surface area (Å²) in [5.74, 6) is 0.502. The Kier molecular flexibility index (Phi) is 5.96. The van der Waals surface area contributed by atoms with E-state index in [9.17, 15) is 14.0 Å². The highest BCUT2D eigenvalue weighted by atomic mass is 32.2. The molecule has 2 aromatic rings. The molecule has 0 bridgehead atoms. The minimum absolute atomic E-state index is 0.0291. The number of thioether (sulfide) groups is 1. The van der Waals surface area contributed by atoms with Crippen molar-refractivity contribution in [1.82, 2.24) is 14.9 Å². The number of carbonyl (C=O) groups is 2. The van der Waals surface area contributed by atoms with Crippen molar-refractivity contribution >= 4 is 28.7 Å². The van der Waals surface area contributed by atoms with Gasteiger partial charge >= 0.3 is 0 Å². The van der Waals surface area contributed by atoms with E-state index in [1.54, 1.807) is 37.5 Å². The van der Waals surface area contributed by atoms with Gasteiger partial charge in [0.1, 0.15) is 11.6 Å². The van der Waals surface area contributed by atoms with Crippen LogP contribution in [0.2, 0.25) is 0 Å². The number of nitrogens with zero attached hydrogens (tertiary/aromatic N) is 2. The van der Waals surface area contributed by atoms with E-state index in [0.717, 1.165) is 24.8 Å². The average Bonchev–Trinajstić information content (AvgIpc) is 3.42. The molecule has 2 heterocycles. The quantitative estimate of drug-likeness (QED) is 0.775. The molecule has 1 saturated heterocycles. The van der Waals surface area contributed by atoms with Crippen LogP contribution in [0.15, 0.2) is 42.2 Å². The van der Waals surface area contributed by atoms with Gasteiger partial charge in [0, 0.05) is 49.1 Å². The third-order valence-corrected chi connectivity index (χ3v) is 6.60. The molecule has 7 heteroatoms. The van der Waals surface area contributed by atoms with Crippen LogP contribution in [0.1, 0.15) is 43.6 Å². The highest BCUT2D eigenvalue weighted by molar-refractivity contribution is 8.14. The number of imidazole rings is 1. The van der Waals surface area contributed by atoms with Gasteiger partial charge in [0.25, 0.3) is 0 Å². The number of hydrogen-bond acceptors (Lipinski definition) is 5. The zero-order chi connectivity index (χ0) is 20.4. The van der Waals surface area contributed by atoms with Gasteiger partial charge in [-0.15, -0.1) is 0 Å². The second-order valence-corrected chi connectivity index (χ2v) is 9.03. The summed E-state index contributed by atoms with van der Waals surface area (Å²) in [6.07, 6.45) is 7.87. The van der Waals surface area contributed by atoms with Gasteiger partial charge in [0.2, 0.25) is 0 Å². The third-order valence-electron chi connectivity index (χ3n) is 5.44. The molecule has 1 aromatic carbocycles. The van der Waals surface area contributed by atoms with Crippen LogP contribution in [0.5, 0.6) is 0 Å². The van der Waals surface area contributed by atoms with E-state index in [-0.39, 0.29) is 27.9 Å². The molecule has 2 unspecified atom stereocenters. The predicted octanol–water partition coefficient (Wildman–Crippen LogP) is 4.01.